The molecule has 0 bridgehead atoms. The van der Waals surface area contributed by atoms with Crippen molar-refractivity contribution in [3.63, 3.8) is 0 Å². The van der Waals surface area contributed by atoms with Gasteiger partial charge in [0.25, 0.3) is 0 Å². The molecule has 0 fully saturated rings. The molecule has 308 valence electrons. The Bertz CT molecular complexity index is 926. The number of carbonyl (C=O) groups is 1. The molecule has 53 heavy (non-hydrogen) atoms. The number of amides is 1. The van der Waals surface area contributed by atoms with Gasteiger partial charge in [0.1, 0.15) is 12.2 Å². The Morgan fingerprint density at radius 1 is 0.472 bits per heavy atom. The summed E-state index contributed by atoms with van der Waals surface area (Å²) in [4.78, 5) is 12.5. The highest BCUT2D eigenvalue weighted by molar-refractivity contribution is 5.80. The summed E-state index contributed by atoms with van der Waals surface area (Å²) < 4.78 is 0. The van der Waals surface area contributed by atoms with E-state index in [2.05, 4.69) is 79.9 Å². The summed E-state index contributed by atoms with van der Waals surface area (Å²) in [6.07, 6.45) is 51.0. The highest BCUT2D eigenvalue weighted by Gasteiger charge is 2.28. The average molecular weight is 744 g/mol. The van der Waals surface area contributed by atoms with E-state index in [1.807, 2.05) is 0 Å². The first-order chi connectivity index (χ1) is 26.0. The van der Waals surface area contributed by atoms with E-state index >= 15 is 0 Å². The van der Waals surface area contributed by atoms with Crippen molar-refractivity contribution < 1.29 is 25.2 Å². The first-order valence-electron chi connectivity index (χ1n) is 22.2. The van der Waals surface area contributed by atoms with Crippen molar-refractivity contribution in [3.05, 3.63) is 60.8 Å². The maximum atomic E-state index is 12.5. The second kappa shape index (κ2) is 41.2. The number of hydrogen-bond acceptors (Lipinski definition) is 5. The van der Waals surface area contributed by atoms with Crippen LogP contribution in [0.2, 0.25) is 0 Å². The number of unbranched alkanes of at least 4 members (excludes halogenated alkanes) is 20. The summed E-state index contributed by atoms with van der Waals surface area (Å²) in [6, 6.07) is -1.02. The summed E-state index contributed by atoms with van der Waals surface area (Å²) in [5, 5.41) is 43.6. The Balaban J connectivity index is 3.83. The standard InChI is InChI=1S/C47H85NO5/c1-3-5-7-9-11-13-15-17-19-20-21-22-23-24-25-27-29-31-33-35-37-39-41-45(51)47(53)48-43(42-49)46(52)44(50)40-38-36-34-32-30-28-26-18-16-14-12-10-8-6-4-2/h10,12,18,21-22,24-26,32,34,43-46,49-52H,3-9,11,13-17,19-20,23,27-31,33,35-42H2,1-2H3,(H,48,53)/b12-10+,22-21-,25-24-,26-18+,34-32+. The van der Waals surface area contributed by atoms with E-state index in [-0.39, 0.29) is 0 Å². The molecule has 0 saturated carbocycles. The molecule has 1 amide bonds. The van der Waals surface area contributed by atoms with Crippen molar-refractivity contribution in [3.8, 4) is 0 Å². The van der Waals surface area contributed by atoms with Crippen LogP contribution >= 0.6 is 0 Å². The van der Waals surface area contributed by atoms with Gasteiger partial charge in [0.2, 0.25) is 5.91 Å². The van der Waals surface area contributed by atoms with Gasteiger partial charge in [-0.25, -0.2) is 0 Å². The van der Waals surface area contributed by atoms with Gasteiger partial charge < -0.3 is 25.7 Å². The lowest BCUT2D eigenvalue weighted by Crippen LogP contribution is -2.53. The first kappa shape index (κ1) is 51.0. The molecule has 0 saturated heterocycles. The van der Waals surface area contributed by atoms with Crippen molar-refractivity contribution in [2.75, 3.05) is 6.61 Å². The van der Waals surface area contributed by atoms with Crippen molar-refractivity contribution in [2.45, 2.75) is 224 Å². The molecule has 0 radical (unpaired) electrons. The third-order valence-electron chi connectivity index (χ3n) is 9.91. The fourth-order valence-electron chi connectivity index (χ4n) is 6.33. The Morgan fingerprint density at radius 3 is 1.36 bits per heavy atom. The van der Waals surface area contributed by atoms with Gasteiger partial charge in [-0.2, -0.15) is 0 Å². The van der Waals surface area contributed by atoms with E-state index in [1.54, 1.807) is 0 Å². The largest absolute Gasteiger partial charge is 0.394 e. The zero-order valence-corrected chi connectivity index (χ0v) is 34.5. The Hall–Kier alpha value is -1.99. The van der Waals surface area contributed by atoms with E-state index < -0.39 is 36.9 Å². The van der Waals surface area contributed by atoms with Crippen LogP contribution in [0.1, 0.15) is 200 Å². The number of rotatable bonds is 39. The van der Waals surface area contributed by atoms with Gasteiger partial charge in [-0.3, -0.25) is 4.79 Å². The summed E-state index contributed by atoms with van der Waals surface area (Å²) in [5.74, 6) is -0.610. The van der Waals surface area contributed by atoms with Crippen LogP contribution in [-0.2, 0) is 4.79 Å². The number of aliphatic hydroxyl groups excluding tert-OH is 4. The lowest BCUT2D eigenvalue weighted by atomic mass is 10.00. The molecule has 6 heteroatoms. The van der Waals surface area contributed by atoms with Crippen LogP contribution in [0.15, 0.2) is 60.8 Å². The number of carbonyl (C=O) groups excluding carboxylic acids is 1. The zero-order valence-electron chi connectivity index (χ0n) is 34.5. The van der Waals surface area contributed by atoms with E-state index in [0.29, 0.717) is 19.3 Å². The van der Waals surface area contributed by atoms with Crippen LogP contribution in [0.3, 0.4) is 0 Å². The van der Waals surface area contributed by atoms with Gasteiger partial charge in [-0.1, -0.05) is 171 Å². The van der Waals surface area contributed by atoms with E-state index in [9.17, 15) is 25.2 Å². The van der Waals surface area contributed by atoms with Gasteiger partial charge in [0.15, 0.2) is 0 Å². The fourth-order valence-corrected chi connectivity index (χ4v) is 6.33. The van der Waals surface area contributed by atoms with Crippen molar-refractivity contribution in [1.82, 2.24) is 5.32 Å². The predicted molar refractivity (Wildman–Crippen MR) is 228 cm³/mol. The SMILES string of the molecule is CCCC/C=C/CC/C=C/CC/C=C/CCCC(O)C(O)C(CO)NC(=O)C(O)CCCCCCCC/C=C\C/C=C\CCCCCCCCCCC. The molecule has 0 rings (SSSR count). The fraction of sp³-hybridized carbons (Fsp3) is 0.766. The van der Waals surface area contributed by atoms with Gasteiger partial charge >= 0.3 is 0 Å². The van der Waals surface area contributed by atoms with Crippen molar-refractivity contribution in [2.24, 2.45) is 0 Å². The molecule has 0 aromatic rings. The smallest absolute Gasteiger partial charge is 0.249 e. The van der Waals surface area contributed by atoms with E-state index in [4.69, 9.17) is 0 Å². The minimum absolute atomic E-state index is 0.344. The Morgan fingerprint density at radius 2 is 0.868 bits per heavy atom. The number of aliphatic hydroxyl groups is 4. The summed E-state index contributed by atoms with van der Waals surface area (Å²) in [7, 11) is 0. The molecule has 0 aromatic carbocycles. The van der Waals surface area contributed by atoms with Crippen molar-refractivity contribution >= 4 is 5.91 Å². The third-order valence-corrected chi connectivity index (χ3v) is 9.91. The molecule has 4 unspecified atom stereocenters. The van der Waals surface area contributed by atoms with Gasteiger partial charge in [-0.15, -0.1) is 0 Å². The second-order valence-electron chi connectivity index (χ2n) is 15.0. The topological polar surface area (TPSA) is 110 Å². The zero-order chi connectivity index (χ0) is 38.9. The quantitative estimate of drug-likeness (QED) is 0.0318. The summed E-state index contributed by atoms with van der Waals surface area (Å²) >= 11 is 0. The lowest BCUT2D eigenvalue weighted by molar-refractivity contribution is -0.132. The molecule has 0 heterocycles. The normalized spacial score (nSPS) is 14.8. The Labute approximate surface area is 327 Å². The maximum Gasteiger partial charge on any atom is 0.249 e. The van der Waals surface area contributed by atoms with Gasteiger partial charge in [-0.05, 0) is 89.9 Å². The molecule has 0 aliphatic heterocycles. The lowest BCUT2D eigenvalue weighted by Gasteiger charge is -2.27. The molecule has 6 nitrogen and oxygen atoms in total. The highest BCUT2D eigenvalue weighted by atomic mass is 16.3. The summed E-state index contributed by atoms with van der Waals surface area (Å²) in [5.41, 5.74) is 0. The molecule has 4 atom stereocenters. The number of allylic oxidation sites excluding steroid dienone is 10. The molecule has 0 aliphatic rings. The summed E-state index contributed by atoms with van der Waals surface area (Å²) in [6.45, 7) is 3.98. The third kappa shape index (κ3) is 35.5. The number of hydrogen-bond donors (Lipinski definition) is 5. The highest BCUT2D eigenvalue weighted by Crippen LogP contribution is 2.14. The maximum absolute atomic E-state index is 12.5. The molecule has 0 aliphatic carbocycles. The molecular weight excluding hydrogens is 659 g/mol. The van der Waals surface area contributed by atoms with Gasteiger partial charge in [0.05, 0.1) is 18.8 Å². The molecular formula is C47H85NO5. The minimum atomic E-state index is -1.30. The van der Waals surface area contributed by atoms with E-state index in [1.165, 1.54) is 96.3 Å². The van der Waals surface area contributed by atoms with Crippen LogP contribution in [0.4, 0.5) is 0 Å². The van der Waals surface area contributed by atoms with Crippen LogP contribution in [0, 0.1) is 0 Å². The monoisotopic (exact) mass is 744 g/mol. The number of nitrogens with one attached hydrogen (secondary N) is 1. The van der Waals surface area contributed by atoms with Crippen LogP contribution in [0.25, 0.3) is 0 Å². The van der Waals surface area contributed by atoms with Gasteiger partial charge in [0, 0.05) is 0 Å². The predicted octanol–water partition coefficient (Wildman–Crippen LogP) is 11.7. The Kier molecular flexibility index (Phi) is 39.6. The first-order valence-corrected chi connectivity index (χ1v) is 22.2. The molecule has 0 aromatic heterocycles. The van der Waals surface area contributed by atoms with Crippen LogP contribution < -0.4 is 5.32 Å². The molecule has 5 N–H and O–H groups in total. The molecule has 0 spiro atoms. The minimum Gasteiger partial charge on any atom is -0.394 e. The second-order valence-corrected chi connectivity index (χ2v) is 15.0. The average Bonchev–Trinajstić information content (AvgIpc) is 3.16. The van der Waals surface area contributed by atoms with Crippen molar-refractivity contribution in [1.29, 1.82) is 0 Å². The van der Waals surface area contributed by atoms with Crippen LogP contribution in [0.5, 0.6) is 0 Å². The van der Waals surface area contributed by atoms with Crippen LogP contribution in [-0.4, -0.2) is 57.3 Å². The van der Waals surface area contributed by atoms with E-state index in [0.717, 1.165) is 70.6 Å².